The Morgan fingerprint density at radius 1 is 1.33 bits per heavy atom. The number of hydrogen-bond acceptors (Lipinski definition) is 2. The van der Waals surface area contributed by atoms with Gasteiger partial charge in [0, 0.05) is 19.3 Å². The van der Waals surface area contributed by atoms with Crippen LogP contribution in [-0.2, 0) is 0 Å². The van der Waals surface area contributed by atoms with Crippen LogP contribution >= 0.6 is 0 Å². The van der Waals surface area contributed by atoms with Crippen molar-refractivity contribution in [2.24, 2.45) is 0 Å². The molecule has 1 saturated heterocycles. The summed E-state index contributed by atoms with van der Waals surface area (Å²) in [5.41, 5.74) is 2.12. The Morgan fingerprint density at radius 3 is 2.89 bits per heavy atom. The number of pyridine rings is 1. The minimum absolute atomic E-state index is 0.106. The second-order valence-corrected chi connectivity index (χ2v) is 4.57. The van der Waals surface area contributed by atoms with E-state index in [-0.39, 0.29) is 5.91 Å². The lowest BCUT2D eigenvalue weighted by molar-refractivity contribution is 0.0661. The van der Waals surface area contributed by atoms with Crippen LogP contribution in [0.1, 0.15) is 23.3 Å². The molecule has 1 fully saturated rings. The van der Waals surface area contributed by atoms with Gasteiger partial charge in [-0.15, -0.1) is 0 Å². The van der Waals surface area contributed by atoms with E-state index in [0.717, 1.165) is 11.0 Å². The van der Waals surface area contributed by atoms with E-state index < -0.39 is 6.17 Å². The minimum atomic E-state index is -0.769. The quantitative estimate of drug-likeness (QED) is 0.839. The lowest BCUT2D eigenvalue weighted by Gasteiger charge is -2.28. The van der Waals surface area contributed by atoms with E-state index in [1.54, 1.807) is 17.2 Å². The Kier molecular flexibility index (Phi) is 2.74. The third-order valence-corrected chi connectivity index (χ3v) is 3.34. The maximum atomic E-state index is 13.0. The zero-order valence-electron chi connectivity index (χ0n) is 9.90. The van der Waals surface area contributed by atoms with Gasteiger partial charge in [-0.2, -0.15) is 0 Å². The van der Waals surface area contributed by atoms with Gasteiger partial charge in [-0.05, 0) is 31.0 Å². The molecule has 1 aliphatic heterocycles. The van der Waals surface area contributed by atoms with E-state index in [1.165, 1.54) is 0 Å². The van der Waals surface area contributed by atoms with Gasteiger partial charge in [0.25, 0.3) is 5.91 Å². The molecule has 94 valence electrons. The molecule has 2 aromatic heterocycles. The highest BCUT2D eigenvalue weighted by Gasteiger charge is 2.24. The fraction of sp³-hybridized carbons (Fsp3) is 0.385. The second-order valence-electron chi connectivity index (χ2n) is 4.57. The molecule has 1 N–H and O–H groups in total. The number of aromatic nitrogens is 2. The highest BCUT2D eigenvalue weighted by Crippen LogP contribution is 2.17. The molecule has 0 radical (unpaired) electrons. The summed E-state index contributed by atoms with van der Waals surface area (Å²) in [7, 11) is 0. The molecule has 4 nitrogen and oxygen atoms in total. The number of hydrogen-bond donors (Lipinski definition) is 1. The van der Waals surface area contributed by atoms with E-state index in [0.29, 0.717) is 31.6 Å². The topological polar surface area (TPSA) is 49.0 Å². The molecule has 1 amide bonds. The Balaban J connectivity index is 1.82. The van der Waals surface area contributed by atoms with Crippen LogP contribution in [0.25, 0.3) is 11.0 Å². The van der Waals surface area contributed by atoms with Crippen LogP contribution in [0, 0.1) is 0 Å². The van der Waals surface area contributed by atoms with Crippen LogP contribution in [0.3, 0.4) is 0 Å². The lowest BCUT2D eigenvalue weighted by Crippen LogP contribution is -2.39. The van der Waals surface area contributed by atoms with Gasteiger partial charge in [0.2, 0.25) is 0 Å². The third kappa shape index (κ3) is 1.96. The van der Waals surface area contributed by atoms with Crippen molar-refractivity contribution < 1.29 is 9.18 Å². The van der Waals surface area contributed by atoms with Gasteiger partial charge in [-0.25, -0.2) is 9.37 Å². The molecular formula is C13H14FN3O. The summed E-state index contributed by atoms with van der Waals surface area (Å²) in [6, 6.07) is 5.39. The predicted molar refractivity (Wildman–Crippen MR) is 66.1 cm³/mol. The van der Waals surface area contributed by atoms with Crippen LogP contribution in [0.15, 0.2) is 24.4 Å². The number of alkyl halides is 1. The van der Waals surface area contributed by atoms with Gasteiger partial charge in [0.05, 0.1) is 11.0 Å². The molecule has 0 spiro atoms. The molecule has 0 aliphatic carbocycles. The van der Waals surface area contributed by atoms with Gasteiger partial charge in [0.15, 0.2) is 0 Å². The van der Waals surface area contributed by atoms with E-state index in [1.807, 2.05) is 12.1 Å². The molecule has 2 aromatic rings. The number of fused-ring (bicyclic) bond motifs is 1. The number of carbonyl (C=O) groups is 1. The van der Waals surface area contributed by atoms with E-state index in [9.17, 15) is 9.18 Å². The molecule has 0 atom stereocenters. The highest BCUT2D eigenvalue weighted by molar-refractivity contribution is 5.94. The van der Waals surface area contributed by atoms with Gasteiger partial charge in [-0.3, -0.25) is 4.79 Å². The van der Waals surface area contributed by atoms with Crippen molar-refractivity contribution in [1.82, 2.24) is 14.9 Å². The van der Waals surface area contributed by atoms with Crippen LogP contribution in [0.5, 0.6) is 0 Å². The largest absolute Gasteiger partial charge is 0.360 e. The molecule has 3 heterocycles. The summed E-state index contributed by atoms with van der Waals surface area (Å²) in [4.78, 5) is 21.2. The molecule has 1 aliphatic rings. The maximum Gasteiger partial charge on any atom is 0.272 e. The predicted octanol–water partition coefficient (Wildman–Crippen LogP) is 2.14. The van der Waals surface area contributed by atoms with Crippen molar-refractivity contribution in [2.45, 2.75) is 19.0 Å². The molecule has 18 heavy (non-hydrogen) atoms. The monoisotopic (exact) mass is 247 g/mol. The second kappa shape index (κ2) is 4.40. The van der Waals surface area contributed by atoms with Gasteiger partial charge in [-0.1, -0.05) is 0 Å². The molecular weight excluding hydrogens is 233 g/mol. The number of nitrogens with zero attached hydrogens (tertiary/aromatic N) is 2. The summed E-state index contributed by atoms with van der Waals surface area (Å²) in [6.07, 6.45) is 1.88. The van der Waals surface area contributed by atoms with Crippen molar-refractivity contribution >= 4 is 16.9 Å². The fourth-order valence-corrected chi connectivity index (χ4v) is 2.27. The van der Waals surface area contributed by atoms with Gasteiger partial charge >= 0.3 is 0 Å². The van der Waals surface area contributed by atoms with E-state index in [2.05, 4.69) is 9.97 Å². The Bertz CT molecular complexity index is 572. The lowest BCUT2D eigenvalue weighted by atomic mass is 10.1. The molecule has 0 bridgehead atoms. The number of piperidine rings is 1. The maximum absolute atomic E-state index is 13.0. The highest BCUT2D eigenvalue weighted by atomic mass is 19.1. The first kappa shape index (κ1) is 11.2. The van der Waals surface area contributed by atoms with E-state index in [4.69, 9.17) is 0 Å². The number of amides is 1. The number of H-pyrrole nitrogens is 1. The molecule has 0 saturated carbocycles. The molecule has 3 rings (SSSR count). The van der Waals surface area contributed by atoms with Crippen molar-refractivity contribution in [1.29, 1.82) is 0 Å². The zero-order valence-corrected chi connectivity index (χ0v) is 9.90. The summed E-state index contributed by atoms with van der Waals surface area (Å²) in [5.74, 6) is -0.106. The van der Waals surface area contributed by atoms with Crippen LogP contribution in [0.4, 0.5) is 4.39 Å². The van der Waals surface area contributed by atoms with Crippen molar-refractivity contribution in [3.8, 4) is 0 Å². The summed E-state index contributed by atoms with van der Waals surface area (Å²) in [6.45, 7) is 0.958. The Morgan fingerprint density at radius 2 is 2.11 bits per heavy atom. The van der Waals surface area contributed by atoms with Crippen LogP contribution in [-0.4, -0.2) is 40.0 Å². The fourth-order valence-electron chi connectivity index (χ4n) is 2.27. The first-order chi connectivity index (χ1) is 8.74. The van der Waals surface area contributed by atoms with Crippen molar-refractivity contribution in [3.63, 3.8) is 0 Å². The summed E-state index contributed by atoms with van der Waals surface area (Å²) >= 11 is 0. The van der Waals surface area contributed by atoms with Gasteiger partial charge < -0.3 is 9.88 Å². The number of halogens is 1. The van der Waals surface area contributed by atoms with E-state index >= 15 is 0 Å². The van der Waals surface area contributed by atoms with Crippen molar-refractivity contribution in [2.75, 3.05) is 13.1 Å². The van der Waals surface area contributed by atoms with Crippen LogP contribution < -0.4 is 0 Å². The normalized spacial score (nSPS) is 17.3. The first-order valence-electron chi connectivity index (χ1n) is 6.11. The number of nitrogens with one attached hydrogen (secondary N) is 1. The molecule has 5 heteroatoms. The smallest absolute Gasteiger partial charge is 0.272 e. The summed E-state index contributed by atoms with van der Waals surface area (Å²) in [5, 5.41) is 0. The Labute approximate surface area is 104 Å². The average Bonchev–Trinajstić information content (AvgIpc) is 2.86. The molecule has 0 unspecified atom stereocenters. The SMILES string of the molecule is O=C(c1ccc2[nH]ccc2n1)N1CCC(F)CC1. The van der Waals surface area contributed by atoms with Crippen molar-refractivity contribution in [3.05, 3.63) is 30.1 Å². The standard InChI is InChI=1S/C13H14FN3O/c14-9-4-7-17(8-5-9)13(18)12-2-1-10-11(16-12)3-6-15-10/h1-3,6,9,15H,4-5,7-8H2. The number of rotatable bonds is 1. The number of likely N-dealkylation sites (tertiary alicyclic amines) is 1. The average molecular weight is 247 g/mol. The summed E-state index contributed by atoms with van der Waals surface area (Å²) < 4.78 is 13.0. The zero-order chi connectivity index (χ0) is 12.5. The third-order valence-electron chi connectivity index (χ3n) is 3.34. The van der Waals surface area contributed by atoms with Crippen LogP contribution in [0.2, 0.25) is 0 Å². The number of carbonyl (C=O) groups excluding carboxylic acids is 1. The van der Waals surface area contributed by atoms with Gasteiger partial charge in [0.1, 0.15) is 11.9 Å². The Hall–Kier alpha value is -1.91. The minimum Gasteiger partial charge on any atom is -0.360 e. The number of aromatic amines is 1. The first-order valence-corrected chi connectivity index (χ1v) is 6.11. The molecule has 0 aromatic carbocycles.